The molecule has 1 heterocycles. The predicted molar refractivity (Wildman–Crippen MR) is 54.9 cm³/mol. The number of nitrogens with one attached hydrogen (secondary N) is 1. The maximum Gasteiger partial charge on any atom is 0.190 e. The second-order valence-electron chi connectivity index (χ2n) is 2.88. The maximum absolute atomic E-state index is 3.99. The number of hydrogen-bond donors (Lipinski definition) is 1. The molecule has 0 aliphatic heterocycles. The number of rotatable bonds is 6. The Morgan fingerprint density at radius 1 is 1.54 bits per heavy atom. The first-order valence-electron chi connectivity index (χ1n) is 4.46. The standard InChI is InChI=1S/C8H16N4S/c1-9-5-3-4-6-13-8-11-10-7-12(8)2/h7,9H,3-6H2,1-2H3. The lowest BCUT2D eigenvalue weighted by Gasteiger charge is -2.00. The second-order valence-corrected chi connectivity index (χ2v) is 3.95. The van der Waals surface area contributed by atoms with Crippen LogP contribution in [0.4, 0.5) is 0 Å². The quantitative estimate of drug-likeness (QED) is 0.547. The summed E-state index contributed by atoms with van der Waals surface area (Å²) in [6, 6.07) is 0. The molecule has 0 bridgehead atoms. The van der Waals surface area contributed by atoms with Crippen LogP contribution in [0.5, 0.6) is 0 Å². The summed E-state index contributed by atoms with van der Waals surface area (Å²) in [5, 5.41) is 11.9. The van der Waals surface area contributed by atoms with Gasteiger partial charge in [-0.2, -0.15) is 0 Å². The molecule has 1 aromatic heterocycles. The van der Waals surface area contributed by atoms with Gasteiger partial charge in [0, 0.05) is 12.8 Å². The van der Waals surface area contributed by atoms with E-state index in [-0.39, 0.29) is 0 Å². The molecule has 0 aliphatic carbocycles. The van der Waals surface area contributed by atoms with Crippen LogP contribution in [0.25, 0.3) is 0 Å². The Bertz CT molecular complexity index is 236. The molecule has 1 rings (SSSR count). The molecule has 0 amide bonds. The van der Waals surface area contributed by atoms with Crippen molar-refractivity contribution in [2.75, 3.05) is 19.3 Å². The lowest BCUT2D eigenvalue weighted by atomic mass is 10.3. The number of unbranched alkanes of at least 4 members (excludes halogenated alkanes) is 1. The fourth-order valence-electron chi connectivity index (χ4n) is 0.971. The summed E-state index contributed by atoms with van der Waals surface area (Å²) in [4.78, 5) is 0. The normalized spacial score (nSPS) is 10.6. The largest absolute Gasteiger partial charge is 0.320 e. The van der Waals surface area contributed by atoms with Crippen molar-refractivity contribution in [3.63, 3.8) is 0 Å². The molecule has 0 radical (unpaired) electrons. The minimum absolute atomic E-state index is 1.00. The third kappa shape index (κ3) is 3.78. The molecule has 5 heteroatoms. The van der Waals surface area contributed by atoms with Crippen molar-refractivity contribution >= 4 is 11.8 Å². The molecule has 0 fully saturated rings. The topological polar surface area (TPSA) is 42.7 Å². The van der Waals surface area contributed by atoms with Crippen molar-refractivity contribution in [2.24, 2.45) is 7.05 Å². The molecule has 4 nitrogen and oxygen atoms in total. The minimum atomic E-state index is 1.00. The lowest BCUT2D eigenvalue weighted by Crippen LogP contribution is -2.07. The van der Waals surface area contributed by atoms with E-state index in [4.69, 9.17) is 0 Å². The zero-order valence-corrected chi connectivity index (χ0v) is 8.97. The van der Waals surface area contributed by atoms with E-state index in [0.717, 1.165) is 17.5 Å². The van der Waals surface area contributed by atoms with Crippen molar-refractivity contribution in [1.29, 1.82) is 0 Å². The van der Waals surface area contributed by atoms with E-state index in [1.165, 1.54) is 12.8 Å². The van der Waals surface area contributed by atoms with Crippen LogP contribution in [0.15, 0.2) is 11.5 Å². The minimum Gasteiger partial charge on any atom is -0.320 e. The Hall–Kier alpha value is -0.550. The van der Waals surface area contributed by atoms with E-state index in [9.17, 15) is 0 Å². The fraction of sp³-hybridized carbons (Fsp3) is 0.750. The van der Waals surface area contributed by atoms with E-state index in [0.29, 0.717) is 0 Å². The molecule has 0 saturated carbocycles. The number of aryl methyl sites for hydroxylation is 1. The van der Waals surface area contributed by atoms with Gasteiger partial charge in [-0.05, 0) is 26.4 Å². The number of aromatic nitrogens is 3. The average molecular weight is 200 g/mol. The first kappa shape index (κ1) is 10.5. The Kier molecular flexibility index (Phi) is 4.85. The van der Waals surface area contributed by atoms with Crippen molar-refractivity contribution < 1.29 is 0 Å². The van der Waals surface area contributed by atoms with Gasteiger partial charge in [-0.25, -0.2) is 0 Å². The molecule has 1 aromatic rings. The van der Waals surface area contributed by atoms with Gasteiger partial charge < -0.3 is 9.88 Å². The lowest BCUT2D eigenvalue weighted by molar-refractivity contribution is 0.712. The van der Waals surface area contributed by atoms with E-state index < -0.39 is 0 Å². The average Bonchev–Trinajstić information content (AvgIpc) is 2.52. The van der Waals surface area contributed by atoms with Gasteiger partial charge in [-0.3, -0.25) is 0 Å². The third-order valence-electron chi connectivity index (χ3n) is 1.72. The fourth-order valence-corrected chi connectivity index (χ4v) is 1.86. The molecule has 0 aliphatic rings. The summed E-state index contributed by atoms with van der Waals surface area (Å²) in [7, 11) is 3.95. The molecule has 74 valence electrons. The first-order chi connectivity index (χ1) is 6.34. The number of nitrogens with zero attached hydrogens (tertiary/aromatic N) is 3. The molecular formula is C8H16N4S. The number of thioether (sulfide) groups is 1. The molecule has 0 aromatic carbocycles. The predicted octanol–water partition coefficient (Wildman–Crippen LogP) is 0.907. The highest BCUT2D eigenvalue weighted by Crippen LogP contribution is 2.14. The molecule has 1 N–H and O–H groups in total. The van der Waals surface area contributed by atoms with Crippen LogP contribution < -0.4 is 5.32 Å². The number of hydrogen-bond acceptors (Lipinski definition) is 4. The summed E-state index contributed by atoms with van der Waals surface area (Å²) < 4.78 is 1.95. The van der Waals surface area contributed by atoms with Gasteiger partial charge >= 0.3 is 0 Å². The van der Waals surface area contributed by atoms with Crippen LogP contribution in [0.3, 0.4) is 0 Å². The zero-order valence-electron chi connectivity index (χ0n) is 8.16. The highest BCUT2D eigenvalue weighted by molar-refractivity contribution is 7.99. The Morgan fingerprint density at radius 2 is 2.38 bits per heavy atom. The summed E-state index contributed by atoms with van der Waals surface area (Å²) in [5.41, 5.74) is 0. The van der Waals surface area contributed by atoms with Crippen molar-refractivity contribution in [3.8, 4) is 0 Å². The van der Waals surface area contributed by atoms with Gasteiger partial charge in [0.1, 0.15) is 6.33 Å². The monoisotopic (exact) mass is 200 g/mol. The zero-order chi connectivity index (χ0) is 9.52. The van der Waals surface area contributed by atoms with Crippen molar-refractivity contribution in [1.82, 2.24) is 20.1 Å². The highest BCUT2D eigenvalue weighted by Gasteiger charge is 1.99. The Balaban J connectivity index is 2.10. The summed E-state index contributed by atoms with van der Waals surface area (Å²) in [6.45, 7) is 1.10. The van der Waals surface area contributed by atoms with Crippen LogP contribution in [0, 0.1) is 0 Å². The van der Waals surface area contributed by atoms with E-state index in [1.54, 1.807) is 18.1 Å². The van der Waals surface area contributed by atoms with Gasteiger partial charge in [0.25, 0.3) is 0 Å². The van der Waals surface area contributed by atoms with Gasteiger partial charge in [-0.15, -0.1) is 10.2 Å². The third-order valence-corrected chi connectivity index (χ3v) is 2.84. The van der Waals surface area contributed by atoms with Gasteiger partial charge in [0.15, 0.2) is 5.16 Å². The summed E-state index contributed by atoms with van der Waals surface area (Å²) in [6.07, 6.45) is 4.18. The van der Waals surface area contributed by atoms with Gasteiger partial charge in [0.05, 0.1) is 0 Å². The van der Waals surface area contributed by atoms with E-state index >= 15 is 0 Å². The molecule has 0 unspecified atom stereocenters. The first-order valence-corrected chi connectivity index (χ1v) is 5.44. The summed E-state index contributed by atoms with van der Waals surface area (Å²) >= 11 is 1.77. The van der Waals surface area contributed by atoms with Crippen molar-refractivity contribution in [3.05, 3.63) is 6.33 Å². The smallest absolute Gasteiger partial charge is 0.190 e. The molecule has 0 atom stereocenters. The second kappa shape index (κ2) is 5.99. The van der Waals surface area contributed by atoms with E-state index in [2.05, 4.69) is 15.5 Å². The summed E-state index contributed by atoms with van der Waals surface area (Å²) in [5.74, 6) is 1.12. The molecular weight excluding hydrogens is 184 g/mol. The van der Waals surface area contributed by atoms with Crippen LogP contribution in [0.1, 0.15) is 12.8 Å². The van der Waals surface area contributed by atoms with Gasteiger partial charge in [0.2, 0.25) is 0 Å². The Morgan fingerprint density at radius 3 is 3.00 bits per heavy atom. The van der Waals surface area contributed by atoms with Crippen LogP contribution in [-0.2, 0) is 7.05 Å². The van der Waals surface area contributed by atoms with Crippen molar-refractivity contribution in [2.45, 2.75) is 18.0 Å². The molecule has 13 heavy (non-hydrogen) atoms. The van der Waals surface area contributed by atoms with Crippen LogP contribution >= 0.6 is 11.8 Å². The molecule has 0 spiro atoms. The maximum atomic E-state index is 3.99. The SMILES string of the molecule is CNCCCCSc1nncn1C. The Labute approximate surface area is 83.1 Å². The van der Waals surface area contributed by atoms with Gasteiger partial charge in [-0.1, -0.05) is 11.8 Å². The van der Waals surface area contributed by atoms with E-state index in [1.807, 2.05) is 18.7 Å². The highest BCUT2D eigenvalue weighted by atomic mass is 32.2. The molecule has 0 saturated heterocycles. The van der Waals surface area contributed by atoms with Crippen LogP contribution in [0.2, 0.25) is 0 Å². The van der Waals surface area contributed by atoms with Crippen LogP contribution in [-0.4, -0.2) is 34.1 Å².